The van der Waals surface area contributed by atoms with Crippen molar-refractivity contribution in [2.45, 2.75) is 12.8 Å². The van der Waals surface area contributed by atoms with Crippen LogP contribution in [0.25, 0.3) is 0 Å². The van der Waals surface area contributed by atoms with Crippen molar-refractivity contribution in [2.24, 2.45) is 5.73 Å². The number of anilines is 1. The minimum atomic E-state index is -0.442. The summed E-state index contributed by atoms with van der Waals surface area (Å²) >= 11 is 0. The maximum Gasteiger partial charge on any atom is 0.292 e. The lowest BCUT2D eigenvalue weighted by atomic mass is 10.2. The van der Waals surface area contributed by atoms with Crippen LogP contribution in [0, 0.1) is 10.1 Å². The van der Waals surface area contributed by atoms with Gasteiger partial charge in [0.25, 0.3) is 5.69 Å². The first-order valence-corrected chi connectivity index (χ1v) is 6.09. The first-order chi connectivity index (χ1) is 9.15. The van der Waals surface area contributed by atoms with E-state index in [2.05, 4.69) is 10.6 Å². The molecule has 0 radical (unpaired) electrons. The van der Waals surface area contributed by atoms with Gasteiger partial charge in [-0.3, -0.25) is 14.9 Å². The molecule has 1 aromatic carbocycles. The van der Waals surface area contributed by atoms with Gasteiger partial charge in [-0.1, -0.05) is 12.1 Å². The van der Waals surface area contributed by atoms with Crippen molar-refractivity contribution in [1.82, 2.24) is 5.32 Å². The molecule has 104 valence electrons. The molecule has 1 amide bonds. The van der Waals surface area contributed by atoms with E-state index in [-0.39, 0.29) is 11.6 Å². The van der Waals surface area contributed by atoms with Gasteiger partial charge in [0.1, 0.15) is 5.69 Å². The molecule has 0 saturated heterocycles. The quantitative estimate of drug-likeness (QED) is 0.367. The summed E-state index contributed by atoms with van der Waals surface area (Å²) in [5.74, 6) is -0.0604. The van der Waals surface area contributed by atoms with Gasteiger partial charge >= 0.3 is 0 Å². The van der Waals surface area contributed by atoms with Crippen LogP contribution in [0.3, 0.4) is 0 Å². The number of carbonyl (C=O) groups excluding carboxylic acids is 1. The van der Waals surface area contributed by atoms with Crippen molar-refractivity contribution in [1.29, 1.82) is 0 Å². The second-order valence-corrected chi connectivity index (χ2v) is 3.94. The molecule has 0 aliphatic carbocycles. The molecule has 0 aliphatic heterocycles. The summed E-state index contributed by atoms with van der Waals surface area (Å²) in [6, 6.07) is 6.39. The predicted molar refractivity (Wildman–Crippen MR) is 72.9 cm³/mol. The number of nitrogens with two attached hydrogens (primary N) is 1. The third-order valence-electron chi connectivity index (χ3n) is 2.47. The molecule has 0 saturated carbocycles. The zero-order valence-electron chi connectivity index (χ0n) is 10.6. The summed E-state index contributed by atoms with van der Waals surface area (Å²) in [7, 11) is 0. The van der Waals surface area contributed by atoms with Gasteiger partial charge in [-0.25, -0.2) is 0 Å². The Morgan fingerprint density at radius 3 is 2.74 bits per heavy atom. The minimum Gasteiger partial charge on any atom is -0.378 e. The number of benzene rings is 1. The maximum atomic E-state index is 11.3. The summed E-state index contributed by atoms with van der Waals surface area (Å²) in [6.07, 6.45) is 1.06. The highest BCUT2D eigenvalue weighted by Gasteiger charge is 2.11. The number of nitrogens with one attached hydrogen (secondary N) is 2. The van der Waals surface area contributed by atoms with Crippen molar-refractivity contribution < 1.29 is 9.72 Å². The summed E-state index contributed by atoms with van der Waals surface area (Å²) in [5.41, 5.74) is 5.77. The lowest BCUT2D eigenvalue weighted by molar-refractivity contribution is -0.384. The standard InChI is InChI=1S/C12H18N4O3/c13-7-3-6-12(17)15-9-8-14-10-4-1-2-5-11(10)16(18)19/h1-2,4-5,14H,3,6-9,13H2,(H,15,17). The number of nitrogens with zero attached hydrogens (tertiary/aromatic N) is 1. The maximum absolute atomic E-state index is 11.3. The number of carbonyl (C=O) groups is 1. The van der Waals surface area contributed by atoms with Gasteiger partial charge < -0.3 is 16.4 Å². The highest BCUT2D eigenvalue weighted by Crippen LogP contribution is 2.22. The first kappa shape index (κ1) is 14.9. The van der Waals surface area contributed by atoms with Gasteiger partial charge in [0.2, 0.25) is 5.91 Å². The van der Waals surface area contributed by atoms with E-state index >= 15 is 0 Å². The third kappa shape index (κ3) is 5.35. The second-order valence-electron chi connectivity index (χ2n) is 3.94. The minimum absolute atomic E-state index is 0.0250. The van der Waals surface area contributed by atoms with Crippen LogP contribution < -0.4 is 16.4 Å². The van der Waals surface area contributed by atoms with E-state index < -0.39 is 4.92 Å². The molecule has 0 aliphatic rings. The molecular formula is C12H18N4O3. The van der Waals surface area contributed by atoms with E-state index in [4.69, 9.17) is 5.73 Å². The van der Waals surface area contributed by atoms with Crippen LogP contribution in [0.5, 0.6) is 0 Å². The number of nitro groups is 1. The van der Waals surface area contributed by atoms with Crippen LogP contribution in [0.1, 0.15) is 12.8 Å². The average molecular weight is 266 g/mol. The molecule has 19 heavy (non-hydrogen) atoms. The van der Waals surface area contributed by atoms with E-state index in [1.807, 2.05) is 0 Å². The molecule has 0 aromatic heterocycles. The second kappa shape index (κ2) is 8.04. The molecule has 0 bridgehead atoms. The van der Waals surface area contributed by atoms with E-state index in [9.17, 15) is 14.9 Å². The van der Waals surface area contributed by atoms with Gasteiger partial charge in [0.15, 0.2) is 0 Å². The summed E-state index contributed by atoms with van der Waals surface area (Å²) in [5, 5.41) is 16.4. The smallest absolute Gasteiger partial charge is 0.292 e. The number of hydrogen-bond donors (Lipinski definition) is 3. The average Bonchev–Trinajstić information content (AvgIpc) is 2.41. The zero-order chi connectivity index (χ0) is 14.1. The van der Waals surface area contributed by atoms with Crippen molar-refractivity contribution >= 4 is 17.3 Å². The number of para-hydroxylation sites is 2. The van der Waals surface area contributed by atoms with E-state index in [0.717, 1.165) is 0 Å². The topological polar surface area (TPSA) is 110 Å². The first-order valence-electron chi connectivity index (χ1n) is 6.09. The Bertz CT molecular complexity index is 437. The summed E-state index contributed by atoms with van der Waals surface area (Å²) < 4.78 is 0. The number of amides is 1. The molecule has 0 unspecified atom stereocenters. The molecule has 1 aromatic rings. The molecule has 0 atom stereocenters. The fourth-order valence-corrected chi connectivity index (χ4v) is 1.53. The van der Waals surface area contributed by atoms with Crippen LogP contribution in [-0.4, -0.2) is 30.5 Å². The van der Waals surface area contributed by atoms with Crippen LogP contribution >= 0.6 is 0 Å². The van der Waals surface area contributed by atoms with Gasteiger partial charge in [0.05, 0.1) is 4.92 Å². The van der Waals surface area contributed by atoms with Crippen LogP contribution in [-0.2, 0) is 4.79 Å². The Hall–Kier alpha value is -2.15. The van der Waals surface area contributed by atoms with Crippen molar-refractivity contribution in [3.63, 3.8) is 0 Å². The lowest BCUT2D eigenvalue weighted by Crippen LogP contribution is -2.29. The van der Waals surface area contributed by atoms with Crippen molar-refractivity contribution in [3.8, 4) is 0 Å². The van der Waals surface area contributed by atoms with Crippen LogP contribution in [0.4, 0.5) is 11.4 Å². The predicted octanol–water partition coefficient (Wildman–Crippen LogP) is 0.862. The lowest BCUT2D eigenvalue weighted by Gasteiger charge is -2.08. The zero-order valence-corrected chi connectivity index (χ0v) is 10.6. The molecule has 0 heterocycles. The number of rotatable bonds is 8. The third-order valence-corrected chi connectivity index (χ3v) is 2.47. The van der Waals surface area contributed by atoms with Crippen molar-refractivity contribution in [2.75, 3.05) is 25.0 Å². The Balaban J connectivity index is 2.33. The molecular weight excluding hydrogens is 248 g/mol. The van der Waals surface area contributed by atoms with Gasteiger partial charge in [0, 0.05) is 25.6 Å². The van der Waals surface area contributed by atoms with E-state index in [1.54, 1.807) is 18.2 Å². The van der Waals surface area contributed by atoms with Gasteiger partial charge in [-0.05, 0) is 19.0 Å². The van der Waals surface area contributed by atoms with Gasteiger partial charge in [-0.2, -0.15) is 0 Å². The Morgan fingerprint density at radius 1 is 1.32 bits per heavy atom. The van der Waals surface area contributed by atoms with E-state index in [0.29, 0.717) is 38.2 Å². The fraction of sp³-hybridized carbons (Fsp3) is 0.417. The highest BCUT2D eigenvalue weighted by atomic mass is 16.6. The summed E-state index contributed by atoms with van der Waals surface area (Å²) in [6.45, 7) is 1.33. The fourth-order valence-electron chi connectivity index (χ4n) is 1.53. The number of hydrogen-bond acceptors (Lipinski definition) is 5. The van der Waals surface area contributed by atoms with Gasteiger partial charge in [-0.15, -0.1) is 0 Å². The normalized spacial score (nSPS) is 9.95. The summed E-state index contributed by atoms with van der Waals surface area (Å²) in [4.78, 5) is 21.6. The molecule has 4 N–H and O–H groups in total. The molecule has 1 rings (SSSR count). The molecule has 7 nitrogen and oxygen atoms in total. The van der Waals surface area contributed by atoms with Crippen molar-refractivity contribution in [3.05, 3.63) is 34.4 Å². The highest BCUT2D eigenvalue weighted by molar-refractivity contribution is 5.75. The van der Waals surface area contributed by atoms with Crippen LogP contribution in [0.2, 0.25) is 0 Å². The number of nitro benzene ring substituents is 1. The molecule has 0 fully saturated rings. The monoisotopic (exact) mass is 266 g/mol. The van der Waals surface area contributed by atoms with E-state index in [1.165, 1.54) is 6.07 Å². The Labute approximate surface area is 111 Å². The molecule has 0 spiro atoms. The molecule has 7 heteroatoms. The SMILES string of the molecule is NCCCC(=O)NCCNc1ccccc1[N+](=O)[O-]. The Morgan fingerprint density at radius 2 is 2.05 bits per heavy atom. The van der Waals surface area contributed by atoms with Crippen LogP contribution in [0.15, 0.2) is 24.3 Å². The Kier molecular flexibility index (Phi) is 6.31. The largest absolute Gasteiger partial charge is 0.378 e.